The summed E-state index contributed by atoms with van der Waals surface area (Å²) in [4.78, 5) is 15.1. The van der Waals surface area contributed by atoms with Crippen molar-refractivity contribution in [2.24, 2.45) is 0 Å². The van der Waals surface area contributed by atoms with Crippen LogP contribution in [0, 0.1) is 0 Å². The van der Waals surface area contributed by atoms with Crippen LogP contribution in [0.1, 0.15) is 40.2 Å². The third-order valence-corrected chi connectivity index (χ3v) is 5.34. The van der Waals surface area contributed by atoms with E-state index in [-0.39, 0.29) is 5.78 Å². The molecule has 1 fully saturated rings. The lowest BCUT2D eigenvalue weighted by molar-refractivity contribution is 0.104. The third-order valence-electron chi connectivity index (χ3n) is 5.00. The Morgan fingerprint density at radius 2 is 1.92 bits per heavy atom. The Kier molecular flexibility index (Phi) is 6.12. The minimum Gasteiger partial charge on any atom is -0.496 e. The summed E-state index contributed by atoms with van der Waals surface area (Å²) in [6, 6.07) is 13.5. The zero-order chi connectivity index (χ0) is 18.5. The van der Waals surface area contributed by atoms with Crippen LogP contribution in [0.5, 0.6) is 5.75 Å². The molecule has 1 aliphatic heterocycles. The highest BCUT2D eigenvalue weighted by Gasteiger charge is 2.20. The minimum absolute atomic E-state index is 0.0726. The van der Waals surface area contributed by atoms with Gasteiger partial charge in [-0.1, -0.05) is 35.9 Å². The summed E-state index contributed by atoms with van der Waals surface area (Å²) >= 11 is 6.16. The van der Waals surface area contributed by atoms with Crippen LogP contribution in [0.4, 0.5) is 0 Å². The van der Waals surface area contributed by atoms with Gasteiger partial charge in [0.2, 0.25) is 0 Å². The minimum atomic E-state index is -0.0726. The molecule has 0 bridgehead atoms. The van der Waals surface area contributed by atoms with Crippen molar-refractivity contribution >= 4 is 23.5 Å². The first-order valence-electron chi connectivity index (χ1n) is 8.92. The lowest BCUT2D eigenvalue weighted by Gasteiger charge is -2.29. The number of benzene rings is 2. The van der Waals surface area contributed by atoms with Gasteiger partial charge >= 0.3 is 0 Å². The van der Waals surface area contributed by atoms with Crippen LogP contribution >= 0.6 is 11.6 Å². The number of allylic oxidation sites excluding steroid dienone is 1. The first kappa shape index (κ1) is 18.7. The van der Waals surface area contributed by atoms with Gasteiger partial charge in [0.1, 0.15) is 5.75 Å². The average Bonchev–Trinajstić information content (AvgIpc) is 2.67. The van der Waals surface area contributed by atoms with Crippen molar-refractivity contribution in [2.45, 2.75) is 18.8 Å². The number of methoxy groups -OCH3 is 1. The van der Waals surface area contributed by atoms with E-state index >= 15 is 0 Å². The van der Waals surface area contributed by atoms with Crippen molar-refractivity contribution in [1.82, 2.24) is 4.90 Å². The van der Waals surface area contributed by atoms with Crippen molar-refractivity contribution in [1.29, 1.82) is 0 Å². The monoisotopic (exact) mass is 369 g/mol. The molecule has 3 nitrogen and oxygen atoms in total. The number of piperidine rings is 1. The second-order valence-electron chi connectivity index (χ2n) is 6.76. The Labute approximate surface area is 160 Å². The molecule has 0 amide bonds. The highest BCUT2D eigenvalue weighted by Crippen LogP contribution is 2.31. The molecule has 0 aliphatic carbocycles. The molecule has 0 aromatic heterocycles. The van der Waals surface area contributed by atoms with Crippen LogP contribution in [0.15, 0.2) is 48.5 Å². The van der Waals surface area contributed by atoms with E-state index in [1.54, 1.807) is 19.3 Å². The van der Waals surface area contributed by atoms with Crippen LogP contribution < -0.4 is 4.74 Å². The molecule has 1 saturated heterocycles. The number of carbonyl (C=O) groups excluding carboxylic acids is 1. The summed E-state index contributed by atoms with van der Waals surface area (Å²) in [5.41, 5.74) is 2.65. The highest BCUT2D eigenvalue weighted by atomic mass is 35.5. The Hall–Kier alpha value is -2.10. The molecule has 0 saturated carbocycles. The summed E-state index contributed by atoms with van der Waals surface area (Å²) in [5.74, 6) is 1.03. The number of ether oxygens (including phenoxy) is 1. The fraction of sp³-hybridized carbons (Fsp3) is 0.318. The predicted molar refractivity (Wildman–Crippen MR) is 107 cm³/mol. The fourth-order valence-corrected chi connectivity index (χ4v) is 3.58. The van der Waals surface area contributed by atoms with Gasteiger partial charge in [0.15, 0.2) is 5.78 Å². The number of carbonyl (C=O) groups is 1. The van der Waals surface area contributed by atoms with E-state index in [4.69, 9.17) is 16.3 Å². The summed E-state index contributed by atoms with van der Waals surface area (Å²) < 4.78 is 5.41. The molecule has 0 N–H and O–H groups in total. The summed E-state index contributed by atoms with van der Waals surface area (Å²) in [7, 11) is 3.75. The molecule has 4 heteroatoms. The van der Waals surface area contributed by atoms with Crippen LogP contribution in [-0.4, -0.2) is 37.9 Å². The van der Waals surface area contributed by atoms with Crippen molar-refractivity contribution in [3.63, 3.8) is 0 Å². The average molecular weight is 370 g/mol. The summed E-state index contributed by atoms with van der Waals surface area (Å²) in [6.45, 7) is 2.18. The second kappa shape index (κ2) is 8.52. The molecule has 0 spiro atoms. The van der Waals surface area contributed by atoms with Crippen molar-refractivity contribution in [3.8, 4) is 5.75 Å². The fourth-order valence-electron chi connectivity index (χ4n) is 3.38. The van der Waals surface area contributed by atoms with Gasteiger partial charge in [-0.3, -0.25) is 4.79 Å². The second-order valence-corrected chi connectivity index (χ2v) is 7.16. The third kappa shape index (κ3) is 4.35. The van der Waals surface area contributed by atoms with Gasteiger partial charge in [0.25, 0.3) is 0 Å². The number of hydrogen-bond acceptors (Lipinski definition) is 3. The van der Waals surface area contributed by atoms with Crippen molar-refractivity contribution in [2.75, 3.05) is 27.2 Å². The van der Waals surface area contributed by atoms with Gasteiger partial charge in [0.05, 0.1) is 12.7 Å². The van der Waals surface area contributed by atoms with Crippen LogP contribution in [0.25, 0.3) is 6.08 Å². The van der Waals surface area contributed by atoms with E-state index < -0.39 is 0 Å². The van der Waals surface area contributed by atoms with Crippen LogP contribution in [0.2, 0.25) is 5.02 Å². The SMILES string of the molecule is COc1ccc(C2CCN(C)CC2)cc1C(=O)/C=C/c1ccccc1Cl. The zero-order valence-corrected chi connectivity index (χ0v) is 16.0. The Bertz CT molecular complexity index is 808. The normalized spacial score (nSPS) is 16.1. The van der Waals surface area contributed by atoms with E-state index in [1.807, 2.05) is 36.4 Å². The van der Waals surface area contributed by atoms with E-state index in [2.05, 4.69) is 18.0 Å². The van der Waals surface area contributed by atoms with Gasteiger partial charge in [-0.05, 0) is 80.4 Å². The summed E-state index contributed by atoms with van der Waals surface area (Å²) in [5, 5.41) is 0.628. The lowest BCUT2D eigenvalue weighted by atomic mass is 9.88. The molecular formula is C22H24ClNO2. The van der Waals surface area contributed by atoms with Gasteiger partial charge < -0.3 is 9.64 Å². The van der Waals surface area contributed by atoms with Gasteiger partial charge in [-0.2, -0.15) is 0 Å². The van der Waals surface area contributed by atoms with Crippen molar-refractivity contribution < 1.29 is 9.53 Å². The number of rotatable bonds is 5. The quantitative estimate of drug-likeness (QED) is 0.545. The number of hydrogen-bond donors (Lipinski definition) is 0. The molecule has 0 radical (unpaired) electrons. The van der Waals surface area contributed by atoms with Gasteiger partial charge in [0, 0.05) is 5.02 Å². The summed E-state index contributed by atoms with van der Waals surface area (Å²) in [6.07, 6.45) is 5.56. The maximum atomic E-state index is 12.8. The molecule has 2 aromatic carbocycles. The maximum absolute atomic E-state index is 12.8. The number of likely N-dealkylation sites (tertiary alicyclic amines) is 1. The standard InChI is InChI=1S/C22H24ClNO2/c1-24-13-11-16(12-14-24)18-8-10-22(26-2)19(15-18)21(25)9-7-17-5-3-4-6-20(17)23/h3-10,15-16H,11-14H2,1-2H3/b9-7+. The Morgan fingerprint density at radius 1 is 1.19 bits per heavy atom. The van der Waals surface area contributed by atoms with Gasteiger partial charge in [-0.15, -0.1) is 0 Å². The largest absolute Gasteiger partial charge is 0.496 e. The number of ketones is 1. The first-order valence-corrected chi connectivity index (χ1v) is 9.29. The molecule has 1 aliphatic rings. The van der Waals surface area contributed by atoms with Crippen LogP contribution in [-0.2, 0) is 0 Å². The van der Waals surface area contributed by atoms with E-state index in [1.165, 1.54) is 5.56 Å². The highest BCUT2D eigenvalue weighted by molar-refractivity contribution is 6.32. The molecule has 1 heterocycles. The zero-order valence-electron chi connectivity index (χ0n) is 15.2. The topological polar surface area (TPSA) is 29.5 Å². The number of halogens is 1. The van der Waals surface area contributed by atoms with Gasteiger partial charge in [-0.25, -0.2) is 0 Å². The molecule has 0 atom stereocenters. The molecule has 136 valence electrons. The smallest absolute Gasteiger partial charge is 0.189 e. The first-order chi connectivity index (χ1) is 12.6. The molecule has 2 aromatic rings. The van der Waals surface area contributed by atoms with Crippen molar-refractivity contribution in [3.05, 3.63) is 70.3 Å². The number of nitrogens with zero attached hydrogens (tertiary/aromatic N) is 1. The maximum Gasteiger partial charge on any atom is 0.189 e. The van der Waals surface area contributed by atoms with E-state index in [0.717, 1.165) is 31.5 Å². The molecule has 3 rings (SSSR count). The Balaban J connectivity index is 1.84. The van der Waals surface area contributed by atoms with E-state index in [9.17, 15) is 4.79 Å². The predicted octanol–water partition coefficient (Wildman–Crippen LogP) is 5.05. The lowest BCUT2D eigenvalue weighted by Crippen LogP contribution is -2.29. The van der Waals surface area contributed by atoms with Crippen LogP contribution in [0.3, 0.4) is 0 Å². The molecular weight excluding hydrogens is 346 g/mol. The Morgan fingerprint density at radius 3 is 2.62 bits per heavy atom. The molecule has 0 unspecified atom stereocenters. The van der Waals surface area contributed by atoms with E-state index in [0.29, 0.717) is 22.3 Å². The molecule has 26 heavy (non-hydrogen) atoms.